The molecule has 0 saturated heterocycles. The first-order valence-electron chi connectivity index (χ1n) is 8.65. The second-order valence-electron chi connectivity index (χ2n) is 6.33. The van der Waals surface area contributed by atoms with Gasteiger partial charge in [0, 0.05) is 15.8 Å². The van der Waals surface area contributed by atoms with E-state index in [2.05, 4.69) is 0 Å². The van der Waals surface area contributed by atoms with Crippen LogP contribution in [0.25, 0.3) is 5.57 Å². The van der Waals surface area contributed by atoms with Crippen molar-refractivity contribution in [2.75, 3.05) is 19.1 Å². The molecule has 1 aliphatic rings. The molecule has 0 spiro atoms. The van der Waals surface area contributed by atoms with Crippen LogP contribution in [-0.2, 0) is 9.59 Å². The average molecular weight is 418 g/mol. The standard InChI is InChI=1S/C21H20ClNO4S/c1-12(2)28-19-18(14-7-5-6-8-16(14)26-3)20(24)23(21(19)25)15-11-13(22)9-10-17(15)27-4/h5-12H,1-4H3. The molecule has 0 radical (unpaired) electrons. The fourth-order valence-electron chi connectivity index (χ4n) is 3.00. The van der Waals surface area contributed by atoms with E-state index < -0.39 is 11.8 Å². The highest BCUT2D eigenvalue weighted by Crippen LogP contribution is 2.44. The van der Waals surface area contributed by atoms with Gasteiger partial charge in [0.1, 0.15) is 11.5 Å². The van der Waals surface area contributed by atoms with Gasteiger partial charge in [-0.15, -0.1) is 11.8 Å². The molecule has 0 atom stereocenters. The molecule has 1 aliphatic heterocycles. The largest absolute Gasteiger partial charge is 0.496 e. The van der Waals surface area contributed by atoms with E-state index >= 15 is 0 Å². The third-order valence-electron chi connectivity index (χ3n) is 4.15. The maximum absolute atomic E-state index is 13.4. The van der Waals surface area contributed by atoms with Gasteiger partial charge in [-0.1, -0.05) is 43.6 Å². The molecule has 0 unspecified atom stereocenters. The Morgan fingerprint density at radius 2 is 1.64 bits per heavy atom. The molecule has 146 valence electrons. The van der Waals surface area contributed by atoms with E-state index in [1.807, 2.05) is 26.0 Å². The van der Waals surface area contributed by atoms with Gasteiger partial charge in [0.15, 0.2) is 0 Å². The molecule has 2 amide bonds. The van der Waals surface area contributed by atoms with Crippen molar-refractivity contribution in [3.63, 3.8) is 0 Å². The molecule has 0 aromatic heterocycles. The maximum atomic E-state index is 13.4. The highest BCUT2D eigenvalue weighted by atomic mass is 35.5. The molecule has 7 heteroatoms. The van der Waals surface area contributed by atoms with Gasteiger partial charge in [-0.2, -0.15) is 0 Å². The van der Waals surface area contributed by atoms with Gasteiger partial charge in [-0.05, 0) is 24.3 Å². The Bertz CT molecular complexity index is 971. The third-order valence-corrected chi connectivity index (χ3v) is 5.47. The van der Waals surface area contributed by atoms with Gasteiger partial charge in [0.25, 0.3) is 11.8 Å². The monoisotopic (exact) mass is 417 g/mol. The second kappa shape index (κ2) is 8.29. The van der Waals surface area contributed by atoms with Gasteiger partial charge in [0.05, 0.1) is 30.4 Å². The Morgan fingerprint density at radius 1 is 0.964 bits per heavy atom. The second-order valence-corrected chi connectivity index (χ2v) is 8.36. The van der Waals surface area contributed by atoms with Crippen molar-refractivity contribution in [2.45, 2.75) is 19.1 Å². The van der Waals surface area contributed by atoms with Crippen molar-refractivity contribution in [1.29, 1.82) is 0 Å². The quantitative estimate of drug-likeness (QED) is 0.633. The average Bonchev–Trinajstić information content (AvgIpc) is 2.90. The van der Waals surface area contributed by atoms with E-state index in [0.717, 1.165) is 4.90 Å². The minimum absolute atomic E-state index is 0.109. The minimum atomic E-state index is -0.432. The van der Waals surface area contributed by atoms with Crippen molar-refractivity contribution in [3.05, 3.63) is 58.0 Å². The van der Waals surface area contributed by atoms with Crippen LogP contribution in [0.2, 0.25) is 5.02 Å². The number of nitrogens with zero attached hydrogens (tertiary/aromatic N) is 1. The summed E-state index contributed by atoms with van der Waals surface area (Å²) in [5, 5.41) is 0.512. The van der Waals surface area contributed by atoms with Crippen molar-refractivity contribution < 1.29 is 19.1 Å². The lowest BCUT2D eigenvalue weighted by atomic mass is 10.0. The highest BCUT2D eigenvalue weighted by molar-refractivity contribution is 8.04. The molecule has 2 aromatic carbocycles. The number of carbonyl (C=O) groups excluding carboxylic acids is 2. The number of rotatable bonds is 6. The van der Waals surface area contributed by atoms with E-state index in [0.29, 0.717) is 38.3 Å². The Hall–Kier alpha value is -2.44. The summed E-state index contributed by atoms with van der Waals surface area (Å²) in [6, 6.07) is 12.0. The van der Waals surface area contributed by atoms with Gasteiger partial charge in [-0.25, -0.2) is 4.90 Å². The number of amides is 2. The van der Waals surface area contributed by atoms with Gasteiger partial charge < -0.3 is 9.47 Å². The third kappa shape index (κ3) is 3.62. The number of ether oxygens (including phenoxy) is 2. The minimum Gasteiger partial charge on any atom is -0.496 e. The molecule has 0 fully saturated rings. The number of thioether (sulfide) groups is 1. The molecule has 1 heterocycles. The van der Waals surface area contributed by atoms with Crippen LogP contribution in [0.4, 0.5) is 5.69 Å². The summed E-state index contributed by atoms with van der Waals surface area (Å²) < 4.78 is 10.8. The Balaban J connectivity index is 2.20. The molecule has 0 saturated carbocycles. The molecular formula is C21H20ClNO4S. The lowest BCUT2D eigenvalue weighted by Crippen LogP contribution is -2.31. The highest BCUT2D eigenvalue weighted by Gasteiger charge is 2.42. The van der Waals surface area contributed by atoms with E-state index in [1.54, 1.807) is 30.3 Å². The van der Waals surface area contributed by atoms with Gasteiger partial charge >= 0.3 is 0 Å². The predicted molar refractivity (Wildman–Crippen MR) is 113 cm³/mol. The smallest absolute Gasteiger partial charge is 0.272 e. The number of hydrogen-bond acceptors (Lipinski definition) is 5. The van der Waals surface area contributed by atoms with E-state index in [9.17, 15) is 9.59 Å². The van der Waals surface area contributed by atoms with Crippen LogP contribution in [-0.4, -0.2) is 31.3 Å². The SMILES string of the molecule is COc1ccccc1C1=C(SC(C)C)C(=O)N(c2cc(Cl)ccc2OC)C1=O. The van der Waals surface area contributed by atoms with Crippen molar-refractivity contribution in [1.82, 2.24) is 0 Å². The summed E-state index contributed by atoms with van der Waals surface area (Å²) >= 11 is 7.48. The molecule has 0 bridgehead atoms. The van der Waals surface area contributed by atoms with Crippen molar-refractivity contribution >= 4 is 46.4 Å². The van der Waals surface area contributed by atoms with Gasteiger partial charge in [-0.3, -0.25) is 9.59 Å². The molecule has 5 nitrogen and oxygen atoms in total. The Labute approximate surface area is 173 Å². The molecule has 3 rings (SSSR count). The van der Waals surface area contributed by atoms with E-state index in [1.165, 1.54) is 26.0 Å². The fourth-order valence-corrected chi connectivity index (χ4v) is 4.15. The maximum Gasteiger partial charge on any atom is 0.272 e. The summed E-state index contributed by atoms with van der Waals surface area (Å²) in [5.41, 5.74) is 1.22. The van der Waals surface area contributed by atoms with Gasteiger partial charge in [0.2, 0.25) is 0 Å². The summed E-state index contributed by atoms with van der Waals surface area (Å²) in [5.74, 6) is 0.0880. The van der Waals surface area contributed by atoms with Crippen LogP contribution < -0.4 is 14.4 Å². The van der Waals surface area contributed by atoms with E-state index in [-0.39, 0.29) is 5.25 Å². The predicted octanol–water partition coefficient (Wildman–Crippen LogP) is 4.78. The first kappa shape index (κ1) is 20.3. The number of hydrogen-bond donors (Lipinski definition) is 0. The lowest BCUT2D eigenvalue weighted by Gasteiger charge is -2.19. The lowest BCUT2D eigenvalue weighted by molar-refractivity contribution is -0.119. The number of halogens is 1. The number of para-hydroxylation sites is 1. The summed E-state index contributed by atoms with van der Waals surface area (Å²) in [7, 11) is 3.02. The van der Waals surface area contributed by atoms with Crippen LogP contribution in [0.15, 0.2) is 47.4 Å². The number of methoxy groups -OCH3 is 2. The van der Waals surface area contributed by atoms with E-state index in [4.69, 9.17) is 21.1 Å². The summed E-state index contributed by atoms with van der Waals surface area (Å²) in [4.78, 5) is 28.2. The van der Waals surface area contributed by atoms with Crippen molar-refractivity contribution in [3.8, 4) is 11.5 Å². The number of carbonyl (C=O) groups is 2. The normalized spacial score (nSPS) is 14.3. The molecule has 0 aliphatic carbocycles. The Morgan fingerprint density at radius 3 is 2.29 bits per heavy atom. The zero-order valence-corrected chi connectivity index (χ0v) is 17.6. The number of imide groups is 1. The molecular weight excluding hydrogens is 398 g/mol. The first-order valence-corrected chi connectivity index (χ1v) is 9.91. The summed E-state index contributed by atoms with van der Waals surface area (Å²) in [6.45, 7) is 3.94. The summed E-state index contributed by atoms with van der Waals surface area (Å²) in [6.07, 6.45) is 0. The van der Waals surface area contributed by atoms with Crippen LogP contribution >= 0.6 is 23.4 Å². The Kier molecular flexibility index (Phi) is 6.01. The number of benzene rings is 2. The molecule has 2 aromatic rings. The fraction of sp³-hybridized carbons (Fsp3) is 0.238. The topological polar surface area (TPSA) is 55.8 Å². The molecule has 0 N–H and O–H groups in total. The van der Waals surface area contributed by atoms with Crippen LogP contribution in [0, 0.1) is 0 Å². The first-order chi connectivity index (χ1) is 13.4. The van der Waals surface area contributed by atoms with Crippen LogP contribution in [0.5, 0.6) is 11.5 Å². The zero-order chi connectivity index (χ0) is 20.4. The van der Waals surface area contributed by atoms with Crippen LogP contribution in [0.1, 0.15) is 19.4 Å². The molecule has 28 heavy (non-hydrogen) atoms. The van der Waals surface area contributed by atoms with Crippen molar-refractivity contribution in [2.24, 2.45) is 0 Å². The van der Waals surface area contributed by atoms with Crippen LogP contribution in [0.3, 0.4) is 0 Å². The number of anilines is 1. The zero-order valence-electron chi connectivity index (χ0n) is 16.0.